The number of carboxylic acid groups (broad SMARTS) is 1. The van der Waals surface area contributed by atoms with Gasteiger partial charge in [0.05, 0.1) is 12.0 Å². The summed E-state index contributed by atoms with van der Waals surface area (Å²) in [4.78, 5) is 25.2. The van der Waals surface area contributed by atoms with Crippen LogP contribution in [0, 0.1) is 11.7 Å². The molecular formula is C15H17ClFNO3. The van der Waals surface area contributed by atoms with E-state index >= 15 is 0 Å². The Balaban J connectivity index is 2.53. The van der Waals surface area contributed by atoms with Crippen molar-refractivity contribution in [3.63, 3.8) is 0 Å². The second-order valence-electron chi connectivity index (χ2n) is 5.16. The van der Waals surface area contributed by atoms with Crippen molar-refractivity contribution in [2.75, 3.05) is 6.54 Å². The van der Waals surface area contributed by atoms with Gasteiger partial charge in [0.2, 0.25) is 5.91 Å². The Morgan fingerprint density at radius 2 is 2.19 bits per heavy atom. The van der Waals surface area contributed by atoms with Gasteiger partial charge in [0, 0.05) is 18.0 Å². The van der Waals surface area contributed by atoms with E-state index in [0.717, 1.165) is 6.07 Å². The van der Waals surface area contributed by atoms with E-state index in [2.05, 4.69) is 0 Å². The molecule has 1 heterocycles. The summed E-state index contributed by atoms with van der Waals surface area (Å²) in [6, 6.07) is 3.27. The Morgan fingerprint density at radius 1 is 1.48 bits per heavy atom. The van der Waals surface area contributed by atoms with Crippen LogP contribution in [0.4, 0.5) is 4.39 Å². The Bertz CT molecular complexity index is 542. The average molecular weight is 314 g/mol. The Kier molecular flexibility index (Phi) is 4.83. The number of carbonyl (C=O) groups is 2. The van der Waals surface area contributed by atoms with Gasteiger partial charge < -0.3 is 10.0 Å². The van der Waals surface area contributed by atoms with Gasteiger partial charge in [-0.25, -0.2) is 4.39 Å². The fraction of sp³-hybridized carbons (Fsp3) is 0.467. The zero-order valence-electron chi connectivity index (χ0n) is 11.7. The molecule has 6 heteroatoms. The molecule has 1 saturated heterocycles. The molecule has 0 aromatic heterocycles. The molecule has 1 aromatic rings. The molecule has 1 aliphatic rings. The van der Waals surface area contributed by atoms with Crippen molar-refractivity contribution in [1.29, 1.82) is 0 Å². The highest BCUT2D eigenvalue weighted by atomic mass is 35.5. The number of hydrogen-bond donors (Lipinski definition) is 1. The average Bonchev–Trinajstić information content (AvgIpc) is 2.56. The van der Waals surface area contributed by atoms with Gasteiger partial charge in [0.1, 0.15) is 5.82 Å². The van der Waals surface area contributed by atoms with E-state index in [9.17, 15) is 19.1 Å². The first-order chi connectivity index (χ1) is 9.93. The predicted octanol–water partition coefficient (Wildman–Crippen LogP) is 3.25. The standard InChI is InChI=1S/C15H17ClFNO3/c1-2-18-13(19)5-3-4-12(15(20)21)14(18)9-6-10(16)8-11(17)7-9/h6-8,12,14H,2-5H2,1H3,(H,20,21). The highest BCUT2D eigenvalue weighted by Crippen LogP contribution is 2.37. The first-order valence-electron chi connectivity index (χ1n) is 6.92. The number of likely N-dealkylation sites (tertiary alicyclic amines) is 1. The number of aliphatic carboxylic acids is 1. The van der Waals surface area contributed by atoms with E-state index in [-0.39, 0.29) is 10.9 Å². The zero-order valence-corrected chi connectivity index (χ0v) is 12.4. The van der Waals surface area contributed by atoms with Gasteiger partial charge in [-0.05, 0) is 43.5 Å². The van der Waals surface area contributed by atoms with Crippen LogP contribution in [0.1, 0.15) is 37.8 Å². The lowest BCUT2D eigenvalue weighted by Crippen LogP contribution is -2.38. The normalized spacial score (nSPS) is 23.0. The summed E-state index contributed by atoms with van der Waals surface area (Å²) in [6.07, 6.45) is 1.22. The number of rotatable bonds is 3. The van der Waals surface area contributed by atoms with Gasteiger partial charge in [-0.1, -0.05) is 11.6 Å². The molecule has 1 amide bonds. The Hall–Kier alpha value is -1.62. The molecule has 0 bridgehead atoms. The molecule has 1 aromatic carbocycles. The maximum atomic E-state index is 13.6. The molecule has 1 N–H and O–H groups in total. The fourth-order valence-electron chi connectivity index (χ4n) is 2.94. The van der Waals surface area contributed by atoms with E-state index < -0.39 is 23.7 Å². The summed E-state index contributed by atoms with van der Waals surface area (Å²) in [5.41, 5.74) is 0.435. The van der Waals surface area contributed by atoms with Crippen LogP contribution in [0.3, 0.4) is 0 Å². The minimum absolute atomic E-state index is 0.105. The number of carboxylic acids is 1. The van der Waals surface area contributed by atoms with Crippen molar-refractivity contribution in [3.8, 4) is 0 Å². The highest BCUT2D eigenvalue weighted by Gasteiger charge is 2.38. The van der Waals surface area contributed by atoms with Crippen LogP contribution in [0.25, 0.3) is 0 Å². The number of nitrogens with zero attached hydrogens (tertiary/aromatic N) is 1. The third-order valence-corrected chi connectivity index (χ3v) is 4.05. The molecule has 2 rings (SSSR count). The monoisotopic (exact) mass is 313 g/mol. The Labute approximate surface area is 127 Å². The number of hydrogen-bond acceptors (Lipinski definition) is 2. The van der Waals surface area contributed by atoms with Crippen LogP contribution in [-0.4, -0.2) is 28.4 Å². The van der Waals surface area contributed by atoms with Gasteiger partial charge in [0.15, 0.2) is 0 Å². The van der Waals surface area contributed by atoms with Crippen molar-refractivity contribution in [1.82, 2.24) is 4.90 Å². The summed E-state index contributed by atoms with van der Waals surface area (Å²) in [5.74, 6) is -2.37. The van der Waals surface area contributed by atoms with E-state index in [1.165, 1.54) is 17.0 Å². The summed E-state index contributed by atoms with van der Waals surface area (Å²) >= 11 is 5.87. The minimum atomic E-state index is -0.978. The van der Waals surface area contributed by atoms with Crippen molar-refractivity contribution >= 4 is 23.5 Å². The molecule has 0 spiro atoms. The maximum Gasteiger partial charge on any atom is 0.308 e. The molecule has 1 fully saturated rings. The molecular weight excluding hydrogens is 297 g/mol. The van der Waals surface area contributed by atoms with Crippen LogP contribution >= 0.6 is 11.6 Å². The van der Waals surface area contributed by atoms with Crippen molar-refractivity contribution < 1.29 is 19.1 Å². The van der Waals surface area contributed by atoms with Crippen LogP contribution in [-0.2, 0) is 9.59 Å². The van der Waals surface area contributed by atoms with Crippen LogP contribution in [0.15, 0.2) is 18.2 Å². The summed E-state index contributed by atoms with van der Waals surface area (Å²) in [6.45, 7) is 2.16. The fourth-order valence-corrected chi connectivity index (χ4v) is 3.17. The van der Waals surface area contributed by atoms with E-state index in [1.54, 1.807) is 6.92 Å². The first kappa shape index (κ1) is 15.8. The summed E-state index contributed by atoms with van der Waals surface area (Å²) in [7, 11) is 0. The van der Waals surface area contributed by atoms with Gasteiger partial charge in [-0.2, -0.15) is 0 Å². The van der Waals surface area contributed by atoms with Crippen LogP contribution in [0.5, 0.6) is 0 Å². The molecule has 0 aliphatic carbocycles. The molecule has 114 valence electrons. The smallest absolute Gasteiger partial charge is 0.308 e. The molecule has 2 atom stereocenters. The SMILES string of the molecule is CCN1C(=O)CCCC(C(=O)O)C1c1cc(F)cc(Cl)c1. The molecule has 0 radical (unpaired) electrons. The lowest BCUT2D eigenvalue weighted by molar-refractivity contribution is -0.146. The predicted molar refractivity (Wildman–Crippen MR) is 76.5 cm³/mol. The Morgan fingerprint density at radius 3 is 2.76 bits per heavy atom. The molecule has 0 saturated carbocycles. The van der Waals surface area contributed by atoms with E-state index in [0.29, 0.717) is 31.4 Å². The van der Waals surface area contributed by atoms with Crippen LogP contribution < -0.4 is 0 Å². The lowest BCUT2D eigenvalue weighted by Gasteiger charge is -2.33. The van der Waals surface area contributed by atoms with Gasteiger partial charge in [0.25, 0.3) is 0 Å². The van der Waals surface area contributed by atoms with Gasteiger partial charge >= 0.3 is 5.97 Å². The quantitative estimate of drug-likeness (QED) is 0.932. The maximum absolute atomic E-state index is 13.6. The van der Waals surface area contributed by atoms with E-state index in [4.69, 9.17) is 11.6 Å². The summed E-state index contributed by atoms with van der Waals surface area (Å²) < 4.78 is 13.6. The highest BCUT2D eigenvalue weighted by molar-refractivity contribution is 6.30. The van der Waals surface area contributed by atoms with Crippen LogP contribution in [0.2, 0.25) is 5.02 Å². The second-order valence-corrected chi connectivity index (χ2v) is 5.60. The van der Waals surface area contributed by atoms with Crippen molar-refractivity contribution in [3.05, 3.63) is 34.6 Å². The van der Waals surface area contributed by atoms with Crippen molar-refractivity contribution in [2.24, 2.45) is 5.92 Å². The third-order valence-electron chi connectivity index (χ3n) is 3.83. The first-order valence-corrected chi connectivity index (χ1v) is 7.30. The number of amides is 1. The third kappa shape index (κ3) is 3.35. The van der Waals surface area contributed by atoms with Crippen molar-refractivity contribution in [2.45, 2.75) is 32.2 Å². The number of benzene rings is 1. The zero-order chi connectivity index (χ0) is 15.6. The summed E-state index contributed by atoms with van der Waals surface area (Å²) in [5, 5.41) is 9.66. The molecule has 2 unspecified atom stereocenters. The topological polar surface area (TPSA) is 57.6 Å². The van der Waals surface area contributed by atoms with Gasteiger partial charge in [-0.3, -0.25) is 9.59 Å². The van der Waals surface area contributed by atoms with E-state index in [1.807, 2.05) is 0 Å². The molecule has 4 nitrogen and oxygen atoms in total. The molecule has 21 heavy (non-hydrogen) atoms. The van der Waals surface area contributed by atoms with Gasteiger partial charge in [-0.15, -0.1) is 0 Å². The molecule has 1 aliphatic heterocycles. The largest absolute Gasteiger partial charge is 0.481 e. The lowest BCUT2D eigenvalue weighted by atomic mass is 9.89. The number of carbonyl (C=O) groups excluding carboxylic acids is 1. The minimum Gasteiger partial charge on any atom is -0.481 e. The second kappa shape index (κ2) is 6.43. The number of halogens is 2.